The zero-order chi connectivity index (χ0) is 13.2. The van der Waals surface area contributed by atoms with Gasteiger partial charge in [-0.1, -0.05) is 0 Å². The monoisotopic (exact) mass is 252 g/mol. The van der Waals surface area contributed by atoms with Crippen LogP contribution in [0.4, 0.5) is 10.1 Å². The van der Waals surface area contributed by atoms with Gasteiger partial charge in [0.2, 0.25) is 0 Å². The van der Waals surface area contributed by atoms with Gasteiger partial charge in [0.15, 0.2) is 0 Å². The third-order valence-electron chi connectivity index (χ3n) is 3.09. The summed E-state index contributed by atoms with van der Waals surface area (Å²) in [5.74, 6) is -1.02. The van der Waals surface area contributed by atoms with Crippen LogP contribution in [0, 0.1) is 5.82 Å². The minimum absolute atomic E-state index is 0.0261. The summed E-state index contributed by atoms with van der Waals surface area (Å²) in [6.07, 6.45) is 1.71. The van der Waals surface area contributed by atoms with Gasteiger partial charge in [0.05, 0.1) is 17.7 Å². The maximum Gasteiger partial charge on any atom is 0.254 e. The summed E-state index contributed by atoms with van der Waals surface area (Å²) in [7, 11) is 0. The number of hydrogen-bond acceptors (Lipinski definition) is 3. The van der Waals surface area contributed by atoms with Gasteiger partial charge in [-0.15, -0.1) is 0 Å². The summed E-state index contributed by atoms with van der Waals surface area (Å²) in [5.41, 5.74) is 5.46. The minimum atomic E-state index is -0.568. The molecule has 3 N–H and O–H groups in total. The third-order valence-corrected chi connectivity index (χ3v) is 3.09. The number of hydrogen-bond donors (Lipinski definition) is 2. The van der Waals surface area contributed by atoms with E-state index in [0.29, 0.717) is 18.9 Å². The Labute approximate surface area is 105 Å². The number of benzene rings is 1. The Morgan fingerprint density at radius 3 is 3.00 bits per heavy atom. The van der Waals surface area contributed by atoms with Gasteiger partial charge < -0.3 is 15.8 Å². The van der Waals surface area contributed by atoms with Crippen LogP contribution in [-0.4, -0.2) is 24.7 Å². The number of nitrogens with two attached hydrogens (primary N) is 1. The Hall–Kier alpha value is -1.62. The topological polar surface area (TPSA) is 64.4 Å². The van der Waals surface area contributed by atoms with E-state index < -0.39 is 17.3 Å². The fourth-order valence-corrected chi connectivity index (χ4v) is 2.09. The molecule has 1 fully saturated rings. The van der Waals surface area contributed by atoms with Crippen LogP contribution >= 0.6 is 0 Å². The number of halogens is 1. The van der Waals surface area contributed by atoms with E-state index in [1.807, 2.05) is 6.92 Å². The summed E-state index contributed by atoms with van der Waals surface area (Å²) in [6, 6.07) is 3.97. The lowest BCUT2D eigenvalue weighted by atomic mass is 9.94. The van der Waals surface area contributed by atoms with Gasteiger partial charge >= 0.3 is 0 Å². The van der Waals surface area contributed by atoms with Crippen LogP contribution in [-0.2, 0) is 4.74 Å². The molecule has 18 heavy (non-hydrogen) atoms. The Morgan fingerprint density at radius 1 is 1.56 bits per heavy atom. The smallest absolute Gasteiger partial charge is 0.254 e. The van der Waals surface area contributed by atoms with Gasteiger partial charge in [-0.05, 0) is 38.0 Å². The van der Waals surface area contributed by atoms with Gasteiger partial charge in [-0.2, -0.15) is 0 Å². The van der Waals surface area contributed by atoms with Crippen molar-refractivity contribution in [1.29, 1.82) is 0 Å². The molecule has 1 atom stereocenters. The lowest BCUT2D eigenvalue weighted by Crippen LogP contribution is -2.51. The molecule has 0 aliphatic carbocycles. The first-order chi connectivity index (χ1) is 8.50. The lowest BCUT2D eigenvalue weighted by Gasteiger charge is -2.34. The molecule has 5 heteroatoms. The van der Waals surface area contributed by atoms with Gasteiger partial charge in [0.25, 0.3) is 5.91 Å². The predicted octanol–water partition coefficient (Wildman–Crippen LogP) is 1.71. The average molecular weight is 252 g/mol. The molecule has 0 saturated carbocycles. The fourth-order valence-electron chi connectivity index (χ4n) is 2.09. The number of carbonyl (C=O) groups is 1. The molecule has 0 radical (unpaired) electrons. The highest BCUT2D eigenvalue weighted by Gasteiger charge is 2.30. The average Bonchev–Trinajstić information content (AvgIpc) is 2.32. The first kappa shape index (κ1) is 12.8. The summed E-state index contributed by atoms with van der Waals surface area (Å²) >= 11 is 0. The van der Waals surface area contributed by atoms with Crippen molar-refractivity contribution >= 4 is 11.6 Å². The summed E-state index contributed by atoms with van der Waals surface area (Å²) in [4.78, 5) is 12.0. The summed E-state index contributed by atoms with van der Waals surface area (Å²) in [5, 5.41) is 2.82. The quantitative estimate of drug-likeness (QED) is 0.787. The van der Waals surface area contributed by atoms with Gasteiger partial charge in [0, 0.05) is 12.3 Å². The van der Waals surface area contributed by atoms with Crippen molar-refractivity contribution in [2.75, 3.05) is 18.9 Å². The maximum atomic E-state index is 13.6. The molecule has 0 spiro atoms. The van der Waals surface area contributed by atoms with E-state index in [0.717, 1.165) is 12.8 Å². The maximum absolute atomic E-state index is 13.6. The second kappa shape index (κ2) is 4.94. The summed E-state index contributed by atoms with van der Waals surface area (Å²) in [6.45, 7) is 3.05. The molecule has 2 rings (SSSR count). The molecule has 1 heterocycles. The Bertz CT molecular complexity index is 456. The zero-order valence-electron chi connectivity index (χ0n) is 10.3. The highest BCUT2D eigenvalue weighted by Crippen LogP contribution is 2.20. The fraction of sp³-hybridized carbons (Fsp3) is 0.462. The van der Waals surface area contributed by atoms with Crippen LogP contribution in [0.25, 0.3) is 0 Å². The van der Waals surface area contributed by atoms with E-state index in [-0.39, 0.29) is 5.56 Å². The third kappa shape index (κ3) is 2.79. The number of nitrogens with one attached hydrogen (secondary N) is 1. The highest BCUT2D eigenvalue weighted by molar-refractivity contribution is 5.95. The second-order valence-electron chi connectivity index (χ2n) is 4.91. The van der Waals surface area contributed by atoms with Crippen molar-refractivity contribution in [3.8, 4) is 0 Å². The number of anilines is 1. The number of amides is 1. The molecule has 1 aliphatic heterocycles. The number of ether oxygens (including phenoxy) is 1. The normalized spacial score (nSPS) is 23.7. The molecule has 1 saturated heterocycles. The van der Waals surface area contributed by atoms with E-state index in [4.69, 9.17) is 10.5 Å². The standard InChI is InChI=1S/C13H17FN2O2/c1-13(5-2-6-18-8-13)16-12(17)10-7-9(15)3-4-11(10)14/h3-4,7H,2,5-6,8,15H2,1H3,(H,16,17). The SMILES string of the molecule is CC1(NC(=O)c2cc(N)ccc2F)CCCOC1. The van der Waals surface area contributed by atoms with Crippen molar-refractivity contribution in [1.82, 2.24) is 5.32 Å². The van der Waals surface area contributed by atoms with E-state index in [1.165, 1.54) is 18.2 Å². The van der Waals surface area contributed by atoms with E-state index >= 15 is 0 Å². The Balaban J connectivity index is 2.14. The Morgan fingerprint density at radius 2 is 2.33 bits per heavy atom. The van der Waals surface area contributed by atoms with Crippen molar-refractivity contribution in [2.24, 2.45) is 0 Å². The van der Waals surface area contributed by atoms with E-state index in [1.54, 1.807) is 0 Å². The van der Waals surface area contributed by atoms with E-state index in [9.17, 15) is 9.18 Å². The molecule has 0 bridgehead atoms. The van der Waals surface area contributed by atoms with Crippen LogP contribution in [0.3, 0.4) is 0 Å². The molecular weight excluding hydrogens is 235 g/mol. The molecule has 98 valence electrons. The van der Waals surface area contributed by atoms with Gasteiger partial charge in [-0.25, -0.2) is 4.39 Å². The first-order valence-corrected chi connectivity index (χ1v) is 5.95. The molecular formula is C13H17FN2O2. The van der Waals surface area contributed by atoms with Crippen LogP contribution in [0.15, 0.2) is 18.2 Å². The predicted molar refractivity (Wildman–Crippen MR) is 66.7 cm³/mol. The number of carbonyl (C=O) groups excluding carboxylic acids is 1. The molecule has 0 aromatic heterocycles. The Kier molecular flexibility index (Phi) is 3.52. The summed E-state index contributed by atoms with van der Waals surface area (Å²) < 4.78 is 18.9. The minimum Gasteiger partial charge on any atom is -0.399 e. The number of nitrogen functional groups attached to an aromatic ring is 1. The molecule has 1 aromatic rings. The lowest BCUT2D eigenvalue weighted by molar-refractivity contribution is 0.0271. The van der Waals surface area contributed by atoms with Crippen LogP contribution in [0.5, 0.6) is 0 Å². The molecule has 1 aliphatic rings. The van der Waals surface area contributed by atoms with Crippen LogP contribution in [0.2, 0.25) is 0 Å². The van der Waals surface area contributed by atoms with Crippen LogP contribution in [0.1, 0.15) is 30.1 Å². The van der Waals surface area contributed by atoms with E-state index in [2.05, 4.69) is 5.32 Å². The molecule has 1 unspecified atom stereocenters. The largest absolute Gasteiger partial charge is 0.399 e. The van der Waals surface area contributed by atoms with Crippen molar-refractivity contribution < 1.29 is 13.9 Å². The van der Waals surface area contributed by atoms with Crippen molar-refractivity contribution in [3.05, 3.63) is 29.6 Å². The van der Waals surface area contributed by atoms with Crippen molar-refractivity contribution in [3.63, 3.8) is 0 Å². The second-order valence-corrected chi connectivity index (χ2v) is 4.91. The van der Waals surface area contributed by atoms with Crippen molar-refractivity contribution in [2.45, 2.75) is 25.3 Å². The first-order valence-electron chi connectivity index (χ1n) is 5.95. The zero-order valence-corrected chi connectivity index (χ0v) is 10.3. The number of rotatable bonds is 2. The molecule has 1 amide bonds. The molecule has 1 aromatic carbocycles. The van der Waals surface area contributed by atoms with Crippen LogP contribution < -0.4 is 11.1 Å². The highest BCUT2D eigenvalue weighted by atomic mass is 19.1. The van der Waals surface area contributed by atoms with Gasteiger partial charge in [0.1, 0.15) is 5.82 Å². The van der Waals surface area contributed by atoms with Gasteiger partial charge in [-0.3, -0.25) is 4.79 Å². The molecule has 4 nitrogen and oxygen atoms in total.